The maximum atomic E-state index is 15.0. The topological polar surface area (TPSA) is 455 Å². The minimum absolute atomic E-state index is 0.0637. The maximum Gasteiger partial charge on any atom is 0.408 e. The lowest BCUT2D eigenvalue weighted by atomic mass is 9.44. The molecule has 0 aromatic heterocycles. The Hall–Kier alpha value is -9.83. The number of ether oxygens (including phenoxy) is 11. The van der Waals surface area contributed by atoms with E-state index in [1.165, 1.54) is 65.8 Å². The van der Waals surface area contributed by atoms with E-state index in [9.17, 15) is 83.7 Å². The van der Waals surface area contributed by atoms with Crippen LogP contribution in [0.5, 0.6) is 0 Å². The molecule has 4 aromatic carbocycles. The van der Waals surface area contributed by atoms with E-state index in [1.54, 1.807) is 152 Å². The lowest BCUT2D eigenvalue weighted by Gasteiger charge is -2.67. The average molecular weight is 1660 g/mol. The van der Waals surface area contributed by atoms with Gasteiger partial charge in [-0.15, -0.1) is 0 Å². The van der Waals surface area contributed by atoms with Crippen molar-refractivity contribution in [2.75, 3.05) is 13.2 Å². The second kappa shape index (κ2) is 33.0. The second-order valence-electron chi connectivity index (χ2n) is 35.7. The number of fused-ring (bicyclic) bond motifs is 10. The molecule has 22 atom stereocenters. The normalized spacial score (nSPS) is 33.1. The van der Waals surface area contributed by atoms with Crippen molar-refractivity contribution in [1.29, 1.82) is 0 Å². The van der Waals surface area contributed by atoms with Crippen LogP contribution in [0.2, 0.25) is 0 Å². The van der Waals surface area contributed by atoms with Gasteiger partial charge < -0.3 is 98.5 Å². The molecule has 8 aliphatic rings. The Morgan fingerprint density at radius 3 is 1.14 bits per heavy atom. The summed E-state index contributed by atoms with van der Waals surface area (Å²) >= 11 is 0. The molecule has 6 fully saturated rings. The van der Waals surface area contributed by atoms with Gasteiger partial charge in [-0.05, 0) is 127 Å². The molecule has 2 aliphatic heterocycles. The molecule has 2 heterocycles. The first-order valence-corrected chi connectivity index (χ1v) is 39.6. The number of rotatable bonds is 17. The predicted molar refractivity (Wildman–Crippen MR) is 417 cm³/mol. The van der Waals surface area contributed by atoms with E-state index < -0.39 is 231 Å². The minimum atomic E-state index is -2.39. The van der Waals surface area contributed by atoms with Crippen LogP contribution in [-0.2, 0) is 85.7 Å². The van der Waals surface area contributed by atoms with Gasteiger partial charge in [-0.1, -0.05) is 125 Å². The van der Waals surface area contributed by atoms with Gasteiger partial charge in [0.25, 0.3) is 0 Å². The number of hydrogen-bond donors (Lipinski definition) is 9. The zero-order chi connectivity index (χ0) is 87.8. The number of nitrogens with one attached hydrogen (secondary N) is 2. The maximum absolute atomic E-state index is 15.0. The molecule has 2 saturated heterocycles. The summed E-state index contributed by atoms with van der Waals surface area (Å²) in [5, 5.41) is 91.9. The third-order valence-electron chi connectivity index (χ3n) is 25.4. The summed E-state index contributed by atoms with van der Waals surface area (Å²) in [5.74, 6) is -11.7. The SMILES string of the molecule is CC(=O)O[C@@H](C(=O)O[C@H]1C[C@@]2(O)[C@@H](OC(=O)c3ccccc3)C3[C@](C)(C(=O)[C@H](O)C(=C1C)C2(C)C)[C@@H](O)C[C@H]1OC[C@@]31OC(C)=O)[C@@H](NC(=O)OC(C)(C)C)c1ccccc1.CC(=O)O[C@@]12CO[C@@H]1C[C@H](O)[C@@]1(C)C(=O)[C@H](O)C3=C(C)[C@@H](OC(=O)[C@H](O)[C@@H](NC(=O)OC(C)(C)C)c4ccccc4)C[C@@](O)([C@@H](OC(=O)c4ccccc4)C12)C3(C)C. The zero-order valence-corrected chi connectivity index (χ0v) is 69.6. The Morgan fingerprint density at radius 1 is 0.479 bits per heavy atom. The number of carbonyl (C=O) groups excluding carboxylic acids is 11. The number of ketones is 2. The van der Waals surface area contributed by atoms with Gasteiger partial charge in [0.2, 0.25) is 6.10 Å². The first-order valence-electron chi connectivity index (χ1n) is 39.6. The molecule has 0 spiro atoms. The number of amides is 2. The summed E-state index contributed by atoms with van der Waals surface area (Å²) < 4.78 is 64.9. The molecule has 6 aliphatic carbocycles. The highest BCUT2D eigenvalue weighted by atomic mass is 16.7. The zero-order valence-electron chi connectivity index (χ0n) is 69.6. The Balaban J connectivity index is 0.000000233. The molecule has 2 amide bonds. The fourth-order valence-corrected chi connectivity index (χ4v) is 19.4. The minimum Gasteiger partial charge on any atom is -0.456 e. The first kappa shape index (κ1) is 89.9. The molecule has 644 valence electrons. The molecule has 31 heteroatoms. The largest absolute Gasteiger partial charge is 0.456 e. The smallest absolute Gasteiger partial charge is 0.408 e. The standard InChI is InChI=1S/C45H55NO15.C43H53NO14/c1-23-28(58-39(53)34(57-24(2)47)32(26-16-12-10-13-17-26)46-40(54)61-41(4,5)6)21-45(55)37(59-38(52)27-18-14-11-15-19-27)35-43(9,36(51)33(50)31(23)42(45,7)8)29(49)20-30-44(35,22-56-30)60-25(3)48;1-22-26(55-37(51)32(48)30(24-15-11-9-12-16-24)44-38(52)58-39(3,4)5)20-43(53)35(56-36(50)25-17-13-10-14-18-25)33-41(8,34(49)31(47)29(22)40(43,6)7)27(46)19-28-42(33,21-54-28)57-23(2)45/h10-19,28-30,32-35,37,49-50,55H,20-22H2,1-9H3,(H,46,54);9-18,26-28,30-33,35,46-48,53H,19-21H2,1-8H3,(H,44,52)/t28-,29-,30+,32-,33+,34+,35?,37-,43+,44-,45+;26-,27-,28+,30-,31+,32+,33?,35-,41+,42-,43+/m00/s1. The number of Topliss-reactive ketones (excluding diaryl/α,β-unsaturated/α-hetero) is 2. The summed E-state index contributed by atoms with van der Waals surface area (Å²) in [4.78, 5) is 151. The molecular formula is C88H108N2O29. The van der Waals surface area contributed by atoms with Crippen molar-refractivity contribution in [3.63, 3.8) is 0 Å². The monoisotopic (exact) mass is 1660 g/mol. The van der Waals surface area contributed by atoms with Crippen LogP contribution >= 0.6 is 0 Å². The molecule has 12 rings (SSSR count). The fourth-order valence-electron chi connectivity index (χ4n) is 19.4. The van der Waals surface area contributed by atoms with E-state index >= 15 is 4.79 Å². The van der Waals surface area contributed by atoms with Crippen LogP contribution in [0.1, 0.15) is 187 Å². The summed E-state index contributed by atoms with van der Waals surface area (Å²) in [6.07, 6.45) is -23.0. The van der Waals surface area contributed by atoms with Gasteiger partial charge in [-0.2, -0.15) is 0 Å². The predicted octanol–water partition coefficient (Wildman–Crippen LogP) is 7.09. The number of alkyl carbamates (subject to hydrolysis) is 2. The molecule has 4 saturated carbocycles. The highest BCUT2D eigenvalue weighted by Crippen LogP contribution is 2.67. The van der Waals surface area contributed by atoms with Crippen LogP contribution in [0, 0.1) is 33.5 Å². The molecule has 2 unspecified atom stereocenters. The third kappa shape index (κ3) is 16.2. The molecule has 4 aromatic rings. The van der Waals surface area contributed by atoms with Gasteiger partial charge >= 0.3 is 54.0 Å². The Morgan fingerprint density at radius 2 is 0.815 bits per heavy atom. The molecule has 0 radical (unpaired) electrons. The van der Waals surface area contributed by atoms with E-state index in [2.05, 4.69) is 10.6 Å². The van der Waals surface area contributed by atoms with Crippen LogP contribution in [0.3, 0.4) is 0 Å². The van der Waals surface area contributed by atoms with Crippen molar-refractivity contribution in [3.8, 4) is 0 Å². The Bertz CT molecular complexity index is 4650. The average Bonchev–Trinajstić information content (AvgIpc) is 0.673. The highest BCUT2D eigenvalue weighted by molar-refractivity contribution is 5.96. The Kier molecular flexibility index (Phi) is 24.9. The summed E-state index contributed by atoms with van der Waals surface area (Å²) in [6, 6.07) is 29.2. The van der Waals surface area contributed by atoms with Crippen molar-refractivity contribution >= 4 is 65.5 Å². The quantitative estimate of drug-likeness (QED) is 0.0289. The summed E-state index contributed by atoms with van der Waals surface area (Å²) in [6.45, 7) is 24.6. The first-order chi connectivity index (χ1) is 55.4. The van der Waals surface area contributed by atoms with Gasteiger partial charge in [-0.3, -0.25) is 24.0 Å². The van der Waals surface area contributed by atoms with Crippen molar-refractivity contribution in [2.24, 2.45) is 33.5 Å². The van der Waals surface area contributed by atoms with Crippen LogP contribution in [0.25, 0.3) is 0 Å². The van der Waals surface area contributed by atoms with Crippen molar-refractivity contribution in [1.82, 2.24) is 10.6 Å². The summed E-state index contributed by atoms with van der Waals surface area (Å²) in [7, 11) is 0. The van der Waals surface area contributed by atoms with Crippen LogP contribution in [0.15, 0.2) is 144 Å². The van der Waals surface area contributed by atoms with Crippen molar-refractivity contribution in [2.45, 2.75) is 262 Å². The van der Waals surface area contributed by atoms with Crippen LogP contribution < -0.4 is 10.6 Å². The number of esters is 7. The third-order valence-corrected chi connectivity index (χ3v) is 25.4. The van der Waals surface area contributed by atoms with E-state index in [0.29, 0.717) is 11.1 Å². The molecule has 9 N–H and O–H groups in total. The second-order valence-corrected chi connectivity index (χ2v) is 35.7. The lowest BCUT2D eigenvalue weighted by molar-refractivity contribution is -0.346. The molecular weight excluding hydrogens is 1550 g/mol. The number of benzene rings is 4. The fraction of sp³-hybridized carbons (Fsp3) is 0.557. The number of hydrogen-bond acceptors (Lipinski definition) is 29. The lowest BCUT2D eigenvalue weighted by Crippen LogP contribution is -2.81. The van der Waals surface area contributed by atoms with Crippen LogP contribution in [-0.4, -0.2) is 221 Å². The van der Waals surface area contributed by atoms with E-state index in [-0.39, 0.29) is 59.5 Å². The van der Waals surface area contributed by atoms with Gasteiger partial charge in [0.15, 0.2) is 28.9 Å². The molecule has 4 bridgehead atoms. The summed E-state index contributed by atoms with van der Waals surface area (Å²) in [5.41, 5.74) is -16.5. The number of aliphatic hydroxyl groups is 7. The highest BCUT2D eigenvalue weighted by Gasteiger charge is 2.80. The van der Waals surface area contributed by atoms with E-state index in [1.807, 2.05) is 0 Å². The van der Waals surface area contributed by atoms with Gasteiger partial charge in [-0.25, -0.2) is 28.8 Å². The van der Waals surface area contributed by atoms with Crippen molar-refractivity contribution in [3.05, 3.63) is 166 Å². The molecule has 119 heavy (non-hydrogen) atoms. The van der Waals surface area contributed by atoms with Gasteiger partial charge in [0, 0.05) is 57.3 Å². The van der Waals surface area contributed by atoms with E-state index in [4.69, 9.17) is 52.1 Å². The Labute approximate surface area is 688 Å². The number of aliphatic hydroxyl groups excluding tert-OH is 5. The number of carbonyl (C=O) groups is 11. The van der Waals surface area contributed by atoms with Gasteiger partial charge in [0.1, 0.15) is 77.3 Å². The molecule has 31 nitrogen and oxygen atoms in total. The van der Waals surface area contributed by atoms with Crippen LogP contribution in [0.4, 0.5) is 9.59 Å². The van der Waals surface area contributed by atoms with Gasteiger partial charge in [0.05, 0.1) is 65.3 Å². The van der Waals surface area contributed by atoms with Crippen molar-refractivity contribution < 1.29 is 141 Å². The van der Waals surface area contributed by atoms with E-state index in [0.717, 1.165) is 20.8 Å².